The fraction of sp³-hybridized carbons (Fsp3) is 0.130. The van der Waals surface area contributed by atoms with Crippen LogP contribution in [0.1, 0.15) is 27.6 Å². The van der Waals surface area contributed by atoms with Crippen LogP contribution in [-0.4, -0.2) is 16.8 Å². The number of aliphatic hydroxyl groups is 1. The molecule has 2 heterocycles. The second kappa shape index (κ2) is 7.29. The first-order valence-electron chi connectivity index (χ1n) is 9.06. The van der Waals surface area contributed by atoms with Crippen LogP contribution in [0, 0.1) is 19.7 Å². The lowest BCUT2D eigenvalue weighted by Gasteiger charge is -2.25. The van der Waals surface area contributed by atoms with Gasteiger partial charge in [-0.25, -0.2) is 4.39 Å². The molecule has 0 bridgehead atoms. The first-order chi connectivity index (χ1) is 13.9. The van der Waals surface area contributed by atoms with Crippen LogP contribution in [0.25, 0.3) is 5.76 Å². The number of carbonyl (C=O) groups is 2. The molecule has 1 aliphatic rings. The number of carbonyl (C=O) groups excluding carboxylic acids is 2. The summed E-state index contributed by atoms with van der Waals surface area (Å²) in [6, 6.07) is 13.7. The van der Waals surface area contributed by atoms with E-state index in [0.717, 1.165) is 16.0 Å². The summed E-state index contributed by atoms with van der Waals surface area (Å²) in [5.74, 6) is -2.32. The summed E-state index contributed by atoms with van der Waals surface area (Å²) >= 11 is 1.39. The molecule has 4 rings (SSSR count). The lowest BCUT2D eigenvalue weighted by atomic mass is 9.98. The van der Waals surface area contributed by atoms with Crippen molar-refractivity contribution in [3.63, 3.8) is 0 Å². The van der Waals surface area contributed by atoms with E-state index in [0.29, 0.717) is 5.56 Å². The topological polar surface area (TPSA) is 57.6 Å². The van der Waals surface area contributed by atoms with E-state index in [1.165, 1.54) is 34.4 Å². The molecule has 0 aliphatic carbocycles. The van der Waals surface area contributed by atoms with Gasteiger partial charge in [-0.1, -0.05) is 35.9 Å². The lowest BCUT2D eigenvalue weighted by molar-refractivity contribution is -0.132. The Bertz CT molecular complexity index is 1150. The zero-order valence-electron chi connectivity index (χ0n) is 15.8. The SMILES string of the molecule is Cc1ccc(/C(O)=C2/C(=O)C(=O)N(c3cccc(F)c3)C2c2sccc2C)cc1. The number of ketones is 1. The van der Waals surface area contributed by atoms with Gasteiger partial charge in [-0.15, -0.1) is 11.3 Å². The summed E-state index contributed by atoms with van der Waals surface area (Å²) in [4.78, 5) is 27.9. The van der Waals surface area contributed by atoms with Crippen molar-refractivity contribution < 1.29 is 19.1 Å². The predicted octanol–water partition coefficient (Wildman–Crippen LogP) is 5.13. The number of aryl methyl sites for hydroxylation is 2. The van der Waals surface area contributed by atoms with Crippen molar-refractivity contribution in [2.75, 3.05) is 4.90 Å². The van der Waals surface area contributed by atoms with E-state index < -0.39 is 23.5 Å². The van der Waals surface area contributed by atoms with Crippen LogP contribution in [0.15, 0.2) is 65.6 Å². The van der Waals surface area contributed by atoms with Gasteiger partial charge >= 0.3 is 0 Å². The van der Waals surface area contributed by atoms with Crippen molar-refractivity contribution in [2.45, 2.75) is 19.9 Å². The largest absolute Gasteiger partial charge is 0.507 e. The highest BCUT2D eigenvalue weighted by Crippen LogP contribution is 2.44. The van der Waals surface area contributed by atoms with E-state index in [-0.39, 0.29) is 17.0 Å². The maximum absolute atomic E-state index is 13.9. The van der Waals surface area contributed by atoms with Gasteiger partial charge in [0.2, 0.25) is 0 Å². The Kier molecular flexibility index (Phi) is 4.80. The molecule has 1 fully saturated rings. The zero-order chi connectivity index (χ0) is 20.7. The molecule has 1 aromatic heterocycles. The maximum Gasteiger partial charge on any atom is 0.300 e. The Morgan fingerprint density at radius 2 is 1.79 bits per heavy atom. The van der Waals surface area contributed by atoms with Crippen molar-refractivity contribution in [3.05, 3.63) is 92.9 Å². The second-order valence-electron chi connectivity index (χ2n) is 6.98. The van der Waals surface area contributed by atoms with Crippen LogP contribution >= 0.6 is 11.3 Å². The summed E-state index contributed by atoms with van der Waals surface area (Å²) in [7, 11) is 0. The quantitative estimate of drug-likeness (QED) is 0.372. The number of Topliss-reactive ketones (excluding diaryl/α,β-unsaturated/α-hetero) is 1. The summed E-state index contributed by atoms with van der Waals surface area (Å²) in [6.07, 6.45) is 0. The van der Waals surface area contributed by atoms with E-state index in [1.807, 2.05) is 37.4 Å². The van der Waals surface area contributed by atoms with Crippen molar-refractivity contribution in [3.8, 4) is 0 Å². The molecule has 1 aliphatic heterocycles. The minimum atomic E-state index is -0.821. The molecule has 0 spiro atoms. The number of amides is 1. The third-order valence-electron chi connectivity index (χ3n) is 5.01. The molecule has 1 unspecified atom stereocenters. The standard InChI is InChI=1S/C23H18FNO3S/c1-13-6-8-15(9-7-13)20(26)18-19(22-14(2)10-11-29-22)25(23(28)21(18)27)17-5-3-4-16(24)12-17/h3-12,19,26H,1-2H3/b20-18-. The van der Waals surface area contributed by atoms with E-state index in [2.05, 4.69) is 0 Å². The first kappa shape index (κ1) is 19.1. The van der Waals surface area contributed by atoms with Crippen molar-refractivity contribution in [2.24, 2.45) is 0 Å². The van der Waals surface area contributed by atoms with E-state index in [1.54, 1.807) is 18.2 Å². The van der Waals surface area contributed by atoms with E-state index in [9.17, 15) is 19.1 Å². The number of thiophene rings is 1. The van der Waals surface area contributed by atoms with Crippen LogP contribution < -0.4 is 4.90 Å². The van der Waals surface area contributed by atoms with Gasteiger partial charge in [-0.05, 0) is 49.1 Å². The number of nitrogens with zero attached hydrogens (tertiary/aromatic N) is 1. The summed E-state index contributed by atoms with van der Waals surface area (Å²) < 4.78 is 13.9. The van der Waals surface area contributed by atoms with Crippen LogP contribution in [0.2, 0.25) is 0 Å². The molecule has 6 heteroatoms. The molecule has 0 saturated carbocycles. The molecular weight excluding hydrogens is 389 g/mol. The average Bonchev–Trinajstić information content (AvgIpc) is 3.23. The Hall–Kier alpha value is -3.25. The third-order valence-corrected chi connectivity index (χ3v) is 6.08. The van der Waals surface area contributed by atoms with Gasteiger partial charge in [0.1, 0.15) is 17.6 Å². The molecule has 29 heavy (non-hydrogen) atoms. The predicted molar refractivity (Wildman–Crippen MR) is 111 cm³/mol. The highest BCUT2D eigenvalue weighted by molar-refractivity contribution is 7.10. The van der Waals surface area contributed by atoms with Crippen molar-refractivity contribution >= 4 is 34.5 Å². The third kappa shape index (κ3) is 3.25. The minimum absolute atomic E-state index is 0.00802. The van der Waals surface area contributed by atoms with Crippen LogP contribution in [-0.2, 0) is 9.59 Å². The maximum atomic E-state index is 13.9. The van der Waals surface area contributed by atoms with Gasteiger partial charge in [0.25, 0.3) is 11.7 Å². The highest BCUT2D eigenvalue weighted by atomic mass is 32.1. The molecule has 1 amide bonds. The van der Waals surface area contributed by atoms with Gasteiger partial charge in [-0.3, -0.25) is 14.5 Å². The number of hydrogen-bond donors (Lipinski definition) is 1. The molecule has 3 aromatic rings. The number of hydrogen-bond acceptors (Lipinski definition) is 4. The molecule has 146 valence electrons. The number of benzene rings is 2. The zero-order valence-corrected chi connectivity index (χ0v) is 16.7. The fourth-order valence-electron chi connectivity index (χ4n) is 3.50. The highest BCUT2D eigenvalue weighted by Gasteiger charge is 2.47. The smallest absolute Gasteiger partial charge is 0.300 e. The molecule has 2 aromatic carbocycles. The van der Waals surface area contributed by atoms with Crippen molar-refractivity contribution in [1.82, 2.24) is 0 Å². The van der Waals surface area contributed by atoms with Gasteiger partial charge < -0.3 is 5.11 Å². The van der Waals surface area contributed by atoms with Crippen molar-refractivity contribution in [1.29, 1.82) is 0 Å². The second-order valence-corrected chi connectivity index (χ2v) is 7.93. The van der Waals surface area contributed by atoms with Crippen LogP contribution in [0.5, 0.6) is 0 Å². The van der Waals surface area contributed by atoms with Crippen LogP contribution in [0.3, 0.4) is 0 Å². The number of anilines is 1. The molecule has 0 radical (unpaired) electrons. The van der Waals surface area contributed by atoms with Gasteiger partial charge in [0.15, 0.2) is 0 Å². The van der Waals surface area contributed by atoms with E-state index in [4.69, 9.17) is 0 Å². The van der Waals surface area contributed by atoms with E-state index >= 15 is 0 Å². The summed E-state index contributed by atoms with van der Waals surface area (Å²) in [5, 5.41) is 12.9. The lowest BCUT2D eigenvalue weighted by Crippen LogP contribution is -2.29. The molecule has 1 saturated heterocycles. The Morgan fingerprint density at radius 3 is 2.41 bits per heavy atom. The Morgan fingerprint density at radius 1 is 1.07 bits per heavy atom. The molecule has 1 N–H and O–H groups in total. The Labute approximate surface area is 171 Å². The fourth-order valence-corrected chi connectivity index (χ4v) is 4.53. The van der Waals surface area contributed by atoms with Gasteiger partial charge in [0, 0.05) is 16.1 Å². The normalized spacial score (nSPS) is 18.4. The number of halogens is 1. The first-order valence-corrected chi connectivity index (χ1v) is 9.94. The van der Waals surface area contributed by atoms with Gasteiger partial charge in [-0.2, -0.15) is 0 Å². The molecule has 4 nitrogen and oxygen atoms in total. The summed E-state index contributed by atoms with van der Waals surface area (Å²) in [6.45, 7) is 3.80. The van der Waals surface area contributed by atoms with Crippen LogP contribution in [0.4, 0.5) is 10.1 Å². The Balaban J connectivity index is 1.96. The summed E-state index contributed by atoms with van der Waals surface area (Å²) in [5.41, 5.74) is 2.62. The molecular formula is C23H18FNO3S. The number of rotatable bonds is 3. The molecule has 1 atom stereocenters. The monoisotopic (exact) mass is 407 g/mol. The average molecular weight is 407 g/mol. The minimum Gasteiger partial charge on any atom is -0.507 e. The van der Waals surface area contributed by atoms with Gasteiger partial charge in [0.05, 0.1) is 5.57 Å². The number of aliphatic hydroxyl groups excluding tert-OH is 1.